The van der Waals surface area contributed by atoms with Gasteiger partial charge < -0.3 is 40.1 Å². The Balaban J connectivity index is 1.13. The molecule has 2 fully saturated rings. The molecule has 4 aromatic rings. The largest absolute Gasteiger partial charge is 0.493 e. The number of carbonyl (C=O) groups excluding carboxylic acids is 3. The minimum atomic E-state index is -1.31. The van der Waals surface area contributed by atoms with Crippen molar-refractivity contribution in [1.29, 1.82) is 0 Å². The highest BCUT2D eigenvalue weighted by Gasteiger charge is 2.56. The van der Waals surface area contributed by atoms with Crippen LogP contribution in [0.5, 0.6) is 23.0 Å². The minimum Gasteiger partial charge on any atom is -0.493 e. The standard InChI is InChI=1S/C36H37F2N5O8/c1-47-31-17-26-28(18-32(31)49-21-25(50-33(44)19-39)20-43-12-14-48-15-13-43)40-11-8-29(26)51-30-7-6-24(16-27(30)38)42-35(46)36(9-10-36)34(45)41-23-4-2-22(37)3-5-23/h2-8,11,16-18,25H,9-10,12-15,19-21,39H2,1H3,(H,41,45)(H,42,46). The Bertz CT molecular complexity index is 1900. The Labute approximate surface area is 291 Å². The first kappa shape index (κ1) is 35.4. The number of aromatic nitrogens is 1. The van der Waals surface area contributed by atoms with Crippen LogP contribution in [-0.2, 0) is 23.9 Å². The van der Waals surface area contributed by atoms with Crippen LogP contribution in [0.4, 0.5) is 20.2 Å². The van der Waals surface area contributed by atoms with Crippen molar-refractivity contribution in [3.8, 4) is 23.0 Å². The molecule has 0 bridgehead atoms. The zero-order valence-electron chi connectivity index (χ0n) is 27.8. The molecule has 2 heterocycles. The lowest BCUT2D eigenvalue weighted by molar-refractivity contribution is -0.150. The summed E-state index contributed by atoms with van der Waals surface area (Å²) in [6, 6.07) is 14.0. The molecule has 15 heteroatoms. The second-order valence-corrected chi connectivity index (χ2v) is 12.1. The highest BCUT2D eigenvalue weighted by Crippen LogP contribution is 2.47. The van der Waals surface area contributed by atoms with Gasteiger partial charge in [-0.1, -0.05) is 0 Å². The normalized spacial score (nSPS) is 15.8. The Morgan fingerprint density at radius 1 is 0.922 bits per heavy atom. The molecule has 51 heavy (non-hydrogen) atoms. The number of nitrogens with two attached hydrogens (primary N) is 1. The Kier molecular flexibility index (Phi) is 10.9. The predicted octanol–water partition coefficient (Wildman–Crippen LogP) is 4.25. The van der Waals surface area contributed by atoms with Gasteiger partial charge in [-0.2, -0.15) is 0 Å². The summed E-state index contributed by atoms with van der Waals surface area (Å²) in [5.74, 6) is -2.03. The van der Waals surface area contributed by atoms with E-state index < -0.39 is 40.9 Å². The van der Waals surface area contributed by atoms with Crippen LogP contribution in [0.2, 0.25) is 0 Å². The zero-order chi connectivity index (χ0) is 36.0. The second-order valence-electron chi connectivity index (χ2n) is 12.1. The summed E-state index contributed by atoms with van der Waals surface area (Å²) in [5, 5.41) is 5.76. The fourth-order valence-electron chi connectivity index (χ4n) is 5.60. The van der Waals surface area contributed by atoms with Crippen LogP contribution in [0.1, 0.15) is 12.8 Å². The molecule has 1 saturated carbocycles. The summed E-state index contributed by atoms with van der Waals surface area (Å²) < 4.78 is 57.1. The van der Waals surface area contributed by atoms with Gasteiger partial charge in [0.15, 0.2) is 23.1 Å². The molecule has 1 aliphatic carbocycles. The van der Waals surface area contributed by atoms with Crippen molar-refractivity contribution in [2.24, 2.45) is 11.1 Å². The summed E-state index contributed by atoms with van der Waals surface area (Å²) in [7, 11) is 1.47. The molecular weight excluding hydrogens is 668 g/mol. The van der Waals surface area contributed by atoms with Crippen molar-refractivity contribution >= 4 is 40.1 Å². The number of morpholine rings is 1. The molecule has 2 amide bonds. The van der Waals surface area contributed by atoms with Gasteiger partial charge in [0.2, 0.25) is 11.8 Å². The van der Waals surface area contributed by atoms with Gasteiger partial charge in [-0.25, -0.2) is 8.78 Å². The van der Waals surface area contributed by atoms with Crippen molar-refractivity contribution < 1.29 is 46.8 Å². The first-order valence-corrected chi connectivity index (χ1v) is 16.3. The van der Waals surface area contributed by atoms with Crippen molar-refractivity contribution in [1.82, 2.24) is 9.88 Å². The van der Waals surface area contributed by atoms with E-state index in [1.165, 1.54) is 49.7 Å². The molecule has 1 unspecified atom stereocenters. The molecule has 0 spiro atoms. The number of fused-ring (bicyclic) bond motifs is 1. The fourth-order valence-corrected chi connectivity index (χ4v) is 5.60. The topological polar surface area (TPSA) is 164 Å². The number of rotatable bonds is 14. The van der Waals surface area contributed by atoms with Gasteiger partial charge in [-0.3, -0.25) is 24.3 Å². The average molecular weight is 706 g/mol. The number of nitrogens with one attached hydrogen (secondary N) is 2. The van der Waals surface area contributed by atoms with E-state index >= 15 is 4.39 Å². The van der Waals surface area contributed by atoms with Crippen LogP contribution < -0.4 is 30.6 Å². The van der Waals surface area contributed by atoms with Gasteiger partial charge in [0.05, 0.1) is 32.4 Å². The molecule has 3 aromatic carbocycles. The molecule has 1 aliphatic heterocycles. The van der Waals surface area contributed by atoms with Crippen LogP contribution in [0.25, 0.3) is 10.9 Å². The van der Waals surface area contributed by atoms with E-state index in [9.17, 15) is 18.8 Å². The highest BCUT2D eigenvalue weighted by molar-refractivity contribution is 6.16. The molecule has 13 nitrogen and oxygen atoms in total. The number of amides is 2. The van der Waals surface area contributed by atoms with Gasteiger partial charge >= 0.3 is 5.97 Å². The second kappa shape index (κ2) is 15.7. The number of hydrogen-bond donors (Lipinski definition) is 3. The van der Waals surface area contributed by atoms with E-state index in [0.29, 0.717) is 73.8 Å². The van der Waals surface area contributed by atoms with Crippen LogP contribution >= 0.6 is 0 Å². The van der Waals surface area contributed by atoms with Gasteiger partial charge in [-0.05, 0) is 61.4 Å². The quantitative estimate of drug-likeness (QED) is 0.127. The minimum absolute atomic E-state index is 0.0231. The summed E-state index contributed by atoms with van der Waals surface area (Å²) in [4.78, 5) is 44.5. The average Bonchev–Trinajstić information content (AvgIpc) is 3.95. The Morgan fingerprint density at radius 3 is 2.29 bits per heavy atom. The molecule has 2 aliphatic rings. The summed E-state index contributed by atoms with van der Waals surface area (Å²) in [5.41, 5.74) is 5.12. The molecule has 1 atom stereocenters. The van der Waals surface area contributed by atoms with Crippen LogP contribution in [0, 0.1) is 17.0 Å². The Hall–Kier alpha value is -5.38. The lowest BCUT2D eigenvalue weighted by Gasteiger charge is -2.30. The number of pyridine rings is 1. The van der Waals surface area contributed by atoms with E-state index in [1.54, 1.807) is 18.2 Å². The number of anilines is 2. The first-order chi connectivity index (χ1) is 24.7. The predicted molar refractivity (Wildman–Crippen MR) is 182 cm³/mol. The Morgan fingerprint density at radius 2 is 1.63 bits per heavy atom. The zero-order valence-corrected chi connectivity index (χ0v) is 27.8. The third kappa shape index (κ3) is 8.51. The maximum absolute atomic E-state index is 15.3. The van der Waals surface area contributed by atoms with Crippen molar-refractivity contribution in [3.05, 3.63) is 78.5 Å². The highest BCUT2D eigenvalue weighted by atomic mass is 19.1. The maximum Gasteiger partial charge on any atom is 0.320 e. The van der Waals surface area contributed by atoms with Gasteiger partial charge in [0, 0.05) is 54.7 Å². The third-order valence-electron chi connectivity index (χ3n) is 8.57. The monoisotopic (exact) mass is 705 g/mol. The van der Waals surface area contributed by atoms with E-state index in [4.69, 9.17) is 29.4 Å². The summed E-state index contributed by atoms with van der Waals surface area (Å²) >= 11 is 0. The maximum atomic E-state index is 15.3. The number of methoxy groups -OCH3 is 1. The molecule has 268 valence electrons. The molecular formula is C36H37F2N5O8. The van der Waals surface area contributed by atoms with Crippen LogP contribution in [-0.4, -0.2) is 86.9 Å². The molecule has 0 radical (unpaired) electrons. The molecule has 4 N–H and O–H groups in total. The fraction of sp³-hybridized carbons (Fsp3) is 0.333. The van der Waals surface area contributed by atoms with Gasteiger partial charge in [0.1, 0.15) is 29.7 Å². The van der Waals surface area contributed by atoms with Crippen LogP contribution in [0.15, 0.2) is 66.9 Å². The van der Waals surface area contributed by atoms with E-state index in [0.717, 1.165) is 6.07 Å². The SMILES string of the molecule is COc1cc2c(Oc3ccc(NC(=O)C4(C(=O)Nc5ccc(F)cc5)CC4)cc3F)ccnc2cc1OCC(CN1CCOCC1)OC(=O)CN. The van der Waals surface area contributed by atoms with Gasteiger partial charge in [0.25, 0.3) is 0 Å². The lowest BCUT2D eigenvalue weighted by Crippen LogP contribution is -2.44. The third-order valence-corrected chi connectivity index (χ3v) is 8.57. The van der Waals surface area contributed by atoms with Crippen LogP contribution in [0.3, 0.4) is 0 Å². The summed E-state index contributed by atoms with van der Waals surface area (Å²) in [6.07, 6.45) is 1.53. The number of hydrogen-bond acceptors (Lipinski definition) is 11. The van der Waals surface area contributed by atoms with E-state index in [1.807, 2.05) is 0 Å². The number of esters is 1. The lowest BCUT2D eigenvalue weighted by atomic mass is 10.0. The summed E-state index contributed by atoms with van der Waals surface area (Å²) in [6.45, 7) is 2.75. The molecule has 6 rings (SSSR count). The van der Waals surface area contributed by atoms with E-state index in [-0.39, 0.29) is 30.3 Å². The molecule has 1 aromatic heterocycles. The first-order valence-electron chi connectivity index (χ1n) is 16.3. The molecule has 1 saturated heterocycles. The van der Waals surface area contributed by atoms with Crippen molar-refractivity contribution in [2.45, 2.75) is 18.9 Å². The number of nitrogens with zero attached hydrogens (tertiary/aromatic N) is 2. The van der Waals surface area contributed by atoms with Crippen molar-refractivity contribution in [2.75, 3.05) is 63.7 Å². The van der Waals surface area contributed by atoms with Gasteiger partial charge in [-0.15, -0.1) is 0 Å². The van der Waals surface area contributed by atoms with E-state index in [2.05, 4.69) is 20.5 Å². The number of halogens is 2. The smallest absolute Gasteiger partial charge is 0.320 e. The number of benzene rings is 3. The number of carbonyl (C=O) groups is 3. The number of ether oxygens (including phenoxy) is 5. The van der Waals surface area contributed by atoms with Crippen molar-refractivity contribution in [3.63, 3.8) is 0 Å².